The number of aliphatic hydroxyl groups is 1. The van der Waals surface area contributed by atoms with Crippen LogP contribution in [0.2, 0.25) is 0 Å². The Morgan fingerprint density at radius 3 is 2.45 bits per heavy atom. The van der Waals surface area contributed by atoms with Crippen LogP contribution in [0.3, 0.4) is 0 Å². The zero-order chi connectivity index (χ0) is 16.5. The number of hydrogen-bond donors (Lipinski definition) is 2. The molecule has 0 aromatic carbocycles. The van der Waals surface area contributed by atoms with Crippen molar-refractivity contribution in [2.75, 3.05) is 0 Å². The van der Waals surface area contributed by atoms with Gasteiger partial charge in [0.2, 0.25) is 0 Å². The van der Waals surface area contributed by atoms with Crippen LogP contribution in [0.25, 0.3) is 0 Å². The van der Waals surface area contributed by atoms with Gasteiger partial charge in [0.15, 0.2) is 0 Å². The summed E-state index contributed by atoms with van der Waals surface area (Å²) in [6.07, 6.45) is 17.6. The van der Waals surface area contributed by atoms with E-state index in [9.17, 15) is 9.90 Å². The van der Waals surface area contributed by atoms with Crippen molar-refractivity contribution in [3.8, 4) is 0 Å². The highest BCUT2D eigenvalue weighted by Crippen LogP contribution is 2.10. The molecule has 130 valence electrons. The monoisotopic (exact) mass is 313 g/mol. The van der Waals surface area contributed by atoms with Gasteiger partial charge in [-0.1, -0.05) is 64.0 Å². The molecule has 0 rings (SSSR count). The SMILES string of the molecule is CCCCCC[C@H](O)C/C=C\CCCCCCCC(=O)ON. The highest BCUT2D eigenvalue weighted by molar-refractivity contribution is 5.68. The van der Waals surface area contributed by atoms with E-state index in [2.05, 4.69) is 23.9 Å². The Bertz CT molecular complexity index is 280. The van der Waals surface area contributed by atoms with Crippen LogP contribution in [0.4, 0.5) is 0 Å². The first-order valence-electron chi connectivity index (χ1n) is 8.93. The lowest BCUT2D eigenvalue weighted by Gasteiger charge is -2.07. The third-order valence-corrected chi connectivity index (χ3v) is 3.85. The number of allylic oxidation sites excluding steroid dienone is 1. The van der Waals surface area contributed by atoms with Gasteiger partial charge < -0.3 is 9.94 Å². The predicted octanol–water partition coefficient (Wildman–Crippen LogP) is 4.41. The van der Waals surface area contributed by atoms with Crippen molar-refractivity contribution in [3.05, 3.63) is 12.2 Å². The Labute approximate surface area is 136 Å². The van der Waals surface area contributed by atoms with E-state index >= 15 is 0 Å². The molecule has 0 heterocycles. The van der Waals surface area contributed by atoms with Gasteiger partial charge in [-0.25, -0.2) is 0 Å². The fraction of sp³-hybridized carbons (Fsp3) is 0.833. The molecule has 0 aromatic heterocycles. The van der Waals surface area contributed by atoms with E-state index in [1.54, 1.807) is 0 Å². The van der Waals surface area contributed by atoms with Gasteiger partial charge >= 0.3 is 5.97 Å². The standard InChI is InChI=1S/C18H35NO3/c1-2-3-4-11-14-17(20)15-12-9-7-5-6-8-10-13-16-18(21)22-19/h9,12,17,20H,2-8,10-11,13-16,19H2,1H3/b12-9-/t17-/m0/s1. The summed E-state index contributed by atoms with van der Waals surface area (Å²) < 4.78 is 0. The van der Waals surface area contributed by atoms with Crippen LogP contribution in [0.5, 0.6) is 0 Å². The van der Waals surface area contributed by atoms with Gasteiger partial charge in [-0.15, -0.1) is 0 Å². The van der Waals surface area contributed by atoms with Crippen molar-refractivity contribution in [2.45, 2.75) is 96.5 Å². The summed E-state index contributed by atoms with van der Waals surface area (Å²) in [7, 11) is 0. The molecule has 0 saturated carbocycles. The molecule has 0 fully saturated rings. The molecule has 0 aromatic rings. The molecule has 0 amide bonds. The summed E-state index contributed by atoms with van der Waals surface area (Å²) in [6, 6.07) is 0. The molecular formula is C18H35NO3. The molecule has 3 N–H and O–H groups in total. The number of carbonyl (C=O) groups is 1. The molecule has 4 heteroatoms. The van der Waals surface area contributed by atoms with Crippen LogP contribution < -0.4 is 5.90 Å². The molecular weight excluding hydrogens is 278 g/mol. The highest BCUT2D eigenvalue weighted by atomic mass is 16.7. The second-order valence-corrected chi connectivity index (χ2v) is 6.01. The average molecular weight is 313 g/mol. The van der Waals surface area contributed by atoms with Crippen LogP contribution >= 0.6 is 0 Å². The maximum Gasteiger partial charge on any atom is 0.324 e. The molecule has 0 spiro atoms. The molecule has 0 aliphatic carbocycles. The second-order valence-electron chi connectivity index (χ2n) is 6.01. The van der Waals surface area contributed by atoms with Crippen molar-refractivity contribution >= 4 is 5.97 Å². The van der Waals surface area contributed by atoms with E-state index in [-0.39, 0.29) is 12.1 Å². The lowest BCUT2D eigenvalue weighted by Crippen LogP contribution is -2.08. The quantitative estimate of drug-likeness (QED) is 0.267. The molecule has 0 radical (unpaired) electrons. The third kappa shape index (κ3) is 15.5. The zero-order valence-corrected chi connectivity index (χ0v) is 14.3. The summed E-state index contributed by atoms with van der Waals surface area (Å²) in [5.74, 6) is 4.44. The third-order valence-electron chi connectivity index (χ3n) is 3.85. The van der Waals surface area contributed by atoms with Crippen molar-refractivity contribution in [3.63, 3.8) is 0 Å². The van der Waals surface area contributed by atoms with Crippen LogP contribution in [0, 0.1) is 0 Å². The van der Waals surface area contributed by atoms with E-state index in [0.717, 1.165) is 44.9 Å². The molecule has 0 aliphatic heterocycles. The first-order chi connectivity index (χ1) is 10.7. The number of hydrogen-bond acceptors (Lipinski definition) is 4. The highest BCUT2D eigenvalue weighted by Gasteiger charge is 2.01. The first kappa shape index (κ1) is 21.1. The Hall–Kier alpha value is -0.870. The van der Waals surface area contributed by atoms with E-state index in [4.69, 9.17) is 5.90 Å². The van der Waals surface area contributed by atoms with Crippen molar-refractivity contribution < 1.29 is 14.7 Å². The van der Waals surface area contributed by atoms with Crippen LogP contribution in [-0.4, -0.2) is 17.2 Å². The minimum atomic E-state index is -0.323. The smallest absolute Gasteiger partial charge is 0.324 e. The molecule has 4 nitrogen and oxygen atoms in total. The maximum atomic E-state index is 10.8. The first-order valence-corrected chi connectivity index (χ1v) is 8.93. The Kier molecular flexibility index (Phi) is 15.8. The van der Waals surface area contributed by atoms with Crippen molar-refractivity contribution in [2.24, 2.45) is 5.90 Å². The van der Waals surface area contributed by atoms with E-state index in [0.29, 0.717) is 6.42 Å². The fourth-order valence-electron chi connectivity index (χ4n) is 2.42. The van der Waals surface area contributed by atoms with Gasteiger partial charge in [-0.2, -0.15) is 5.90 Å². The number of rotatable bonds is 15. The largest absolute Gasteiger partial charge is 0.393 e. The normalized spacial score (nSPS) is 12.7. The van der Waals surface area contributed by atoms with E-state index in [1.165, 1.54) is 32.1 Å². The minimum Gasteiger partial charge on any atom is -0.393 e. The van der Waals surface area contributed by atoms with Gasteiger partial charge in [-0.05, 0) is 32.1 Å². The topological polar surface area (TPSA) is 72.5 Å². The lowest BCUT2D eigenvalue weighted by atomic mass is 10.1. The Morgan fingerprint density at radius 2 is 1.73 bits per heavy atom. The molecule has 0 aliphatic rings. The maximum absolute atomic E-state index is 10.8. The Morgan fingerprint density at radius 1 is 1.05 bits per heavy atom. The van der Waals surface area contributed by atoms with Crippen LogP contribution in [0.15, 0.2) is 12.2 Å². The summed E-state index contributed by atoms with van der Waals surface area (Å²) in [5, 5.41) is 9.82. The second kappa shape index (κ2) is 16.5. The van der Waals surface area contributed by atoms with Crippen LogP contribution in [-0.2, 0) is 9.63 Å². The number of nitrogens with two attached hydrogens (primary N) is 1. The van der Waals surface area contributed by atoms with E-state index < -0.39 is 0 Å². The molecule has 0 bridgehead atoms. The molecule has 1 atom stereocenters. The number of carbonyl (C=O) groups excluding carboxylic acids is 1. The Balaban J connectivity index is 3.28. The zero-order valence-electron chi connectivity index (χ0n) is 14.3. The van der Waals surface area contributed by atoms with Gasteiger partial charge in [0.25, 0.3) is 0 Å². The fourth-order valence-corrected chi connectivity index (χ4v) is 2.42. The summed E-state index contributed by atoms with van der Waals surface area (Å²) in [6.45, 7) is 2.20. The van der Waals surface area contributed by atoms with Gasteiger partial charge in [0.1, 0.15) is 0 Å². The van der Waals surface area contributed by atoms with Crippen LogP contribution in [0.1, 0.15) is 90.4 Å². The summed E-state index contributed by atoms with van der Waals surface area (Å²) in [5.41, 5.74) is 0. The summed E-state index contributed by atoms with van der Waals surface area (Å²) >= 11 is 0. The van der Waals surface area contributed by atoms with Crippen molar-refractivity contribution in [1.82, 2.24) is 0 Å². The molecule has 0 unspecified atom stereocenters. The number of aliphatic hydroxyl groups excluding tert-OH is 1. The number of unbranched alkanes of at least 4 members (excludes halogenated alkanes) is 8. The average Bonchev–Trinajstić information content (AvgIpc) is 2.53. The molecule has 0 saturated heterocycles. The molecule has 22 heavy (non-hydrogen) atoms. The predicted molar refractivity (Wildman–Crippen MR) is 91.1 cm³/mol. The van der Waals surface area contributed by atoms with Crippen molar-refractivity contribution in [1.29, 1.82) is 0 Å². The van der Waals surface area contributed by atoms with Gasteiger partial charge in [0.05, 0.1) is 6.10 Å². The lowest BCUT2D eigenvalue weighted by molar-refractivity contribution is -0.144. The van der Waals surface area contributed by atoms with E-state index in [1.807, 2.05) is 0 Å². The minimum absolute atomic E-state index is 0.171. The van der Waals surface area contributed by atoms with Gasteiger partial charge in [-0.3, -0.25) is 4.79 Å². The van der Waals surface area contributed by atoms with Gasteiger partial charge in [0, 0.05) is 6.42 Å². The summed E-state index contributed by atoms with van der Waals surface area (Å²) in [4.78, 5) is 14.9.